The maximum atomic E-state index is 10.7. The van der Waals surface area contributed by atoms with E-state index in [1.165, 1.54) is 57.8 Å². The highest BCUT2D eigenvalue weighted by atomic mass is 16.3. The lowest BCUT2D eigenvalue weighted by atomic mass is 9.46. The summed E-state index contributed by atoms with van der Waals surface area (Å²) in [7, 11) is 0. The van der Waals surface area contributed by atoms with Gasteiger partial charge in [0.1, 0.15) is 0 Å². The molecule has 0 aromatic carbocycles. The van der Waals surface area contributed by atoms with Crippen molar-refractivity contribution < 1.29 is 5.11 Å². The molecule has 9 atom stereocenters. The molecule has 3 fully saturated rings. The highest BCUT2D eigenvalue weighted by molar-refractivity contribution is 5.26. The molecule has 0 amide bonds. The quantitative estimate of drug-likeness (QED) is 0.467. The molecule has 1 nitrogen and oxygen atoms in total. The second kappa shape index (κ2) is 7.68. The van der Waals surface area contributed by atoms with Crippen LogP contribution >= 0.6 is 0 Å². The van der Waals surface area contributed by atoms with Crippen molar-refractivity contribution in [3.8, 4) is 0 Å². The number of aliphatic hydroxyl groups is 1. The standard InChI is InChI=1S/C28H48O/c1-7-19(2)8-9-20(3)23-12-13-24-22-11-10-21-18-26(4,29)16-17-27(21,5)25(22)14-15-28(23,24)6/h10,19-20,22-25,29H,7-9,11-18H2,1-6H3/t19-,20+,22-,23+,24-,25-,26-,27-,28+/m0/s1. The van der Waals surface area contributed by atoms with Gasteiger partial charge < -0.3 is 5.11 Å². The molecule has 0 aromatic rings. The summed E-state index contributed by atoms with van der Waals surface area (Å²) in [6.07, 6.45) is 17.0. The van der Waals surface area contributed by atoms with E-state index in [4.69, 9.17) is 0 Å². The molecule has 4 aliphatic carbocycles. The van der Waals surface area contributed by atoms with Crippen LogP contribution in [-0.2, 0) is 0 Å². The fourth-order valence-corrected chi connectivity index (χ4v) is 8.73. The van der Waals surface area contributed by atoms with Crippen molar-refractivity contribution in [2.45, 2.75) is 118 Å². The minimum absolute atomic E-state index is 0.368. The Bertz CT molecular complexity index is 632. The maximum absolute atomic E-state index is 10.7. The van der Waals surface area contributed by atoms with Gasteiger partial charge in [0.25, 0.3) is 0 Å². The van der Waals surface area contributed by atoms with Gasteiger partial charge in [-0.25, -0.2) is 0 Å². The van der Waals surface area contributed by atoms with Crippen molar-refractivity contribution in [1.82, 2.24) is 0 Å². The summed E-state index contributed by atoms with van der Waals surface area (Å²) >= 11 is 0. The second-order valence-electron chi connectivity index (χ2n) is 12.7. The van der Waals surface area contributed by atoms with Crippen molar-refractivity contribution in [3.05, 3.63) is 11.6 Å². The molecule has 1 N–H and O–H groups in total. The highest BCUT2D eigenvalue weighted by Gasteiger charge is 2.59. The van der Waals surface area contributed by atoms with E-state index in [2.05, 4.69) is 47.6 Å². The first-order chi connectivity index (χ1) is 13.6. The molecule has 0 spiro atoms. The molecule has 0 saturated heterocycles. The molecule has 0 radical (unpaired) electrons. The van der Waals surface area contributed by atoms with Gasteiger partial charge in [0.2, 0.25) is 0 Å². The van der Waals surface area contributed by atoms with Gasteiger partial charge in [-0.3, -0.25) is 0 Å². The molecule has 4 aliphatic rings. The minimum Gasteiger partial charge on any atom is -0.390 e. The molecular weight excluding hydrogens is 352 g/mol. The molecule has 0 unspecified atom stereocenters. The van der Waals surface area contributed by atoms with Crippen LogP contribution in [0.5, 0.6) is 0 Å². The average Bonchev–Trinajstić information content (AvgIpc) is 3.03. The zero-order valence-electron chi connectivity index (χ0n) is 20.3. The first-order valence-corrected chi connectivity index (χ1v) is 13.0. The Morgan fingerprint density at radius 1 is 1.00 bits per heavy atom. The molecule has 166 valence electrons. The fraction of sp³-hybridized carbons (Fsp3) is 0.929. The van der Waals surface area contributed by atoms with Crippen LogP contribution in [-0.4, -0.2) is 10.7 Å². The number of hydrogen-bond donors (Lipinski definition) is 1. The number of fused-ring (bicyclic) bond motifs is 5. The Balaban J connectivity index is 1.51. The zero-order valence-corrected chi connectivity index (χ0v) is 20.3. The predicted octanol–water partition coefficient (Wildman–Crippen LogP) is 7.78. The molecule has 0 heterocycles. The molecule has 3 saturated carbocycles. The van der Waals surface area contributed by atoms with Crippen molar-refractivity contribution in [3.63, 3.8) is 0 Å². The largest absolute Gasteiger partial charge is 0.390 e. The Labute approximate surface area is 181 Å². The van der Waals surface area contributed by atoms with Gasteiger partial charge in [-0.2, -0.15) is 0 Å². The third kappa shape index (κ3) is 3.66. The average molecular weight is 401 g/mol. The summed E-state index contributed by atoms with van der Waals surface area (Å²) in [5.74, 6) is 5.44. The van der Waals surface area contributed by atoms with Crippen LogP contribution in [0.15, 0.2) is 11.6 Å². The topological polar surface area (TPSA) is 20.2 Å². The summed E-state index contributed by atoms with van der Waals surface area (Å²) in [6.45, 7) is 14.7. The van der Waals surface area contributed by atoms with E-state index >= 15 is 0 Å². The van der Waals surface area contributed by atoms with Crippen LogP contribution in [0, 0.1) is 46.3 Å². The minimum atomic E-state index is -0.467. The van der Waals surface area contributed by atoms with Crippen molar-refractivity contribution in [2.75, 3.05) is 0 Å². The third-order valence-electron chi connectivity index (χ3n) is 11.0. The van der Waals surface area contributed by atoms with Crippen LogP contribution in [0.3, 0.4) is 0 Å². The lowest BCUT2D eigenvalue weighted by molar-refractivity contribution is -0.0706. The summed E-state index contributed by atoms with van der Waals surface area (Å²) < 4.78 is 0. The normalized spacial score (nSPS) is 48.9. The lowest BCUT2D eigenvalue weighted by Gasteiger charge is -2.59. The number of rotatable bonds is 5. The first kappa shape index (κ1) is 21.9. The van der Waals surface area contributed by atoms with E-state index in [0.29, 0.717) is 10.8 Å². The molecule has 29 heavy (non-hydrogen) atoms. The fourth-order valence-electron chi connectivity index (χ4n) is 8.73. The van der Waals surface area contributed by atoms with Crippen LogP contribution in [0.25, 0.3) is 0 Å². The molecule has 0 aromatic heterocycles. The molecule has 4 rings (SSSR count). The van der Waals surface area contributed by atoms with Gasteiger partial charge in [-0.15, -0.1) is 0 Å². The van der Waals surface area contributed by atoms with E-state index in [1.54, 1.807) is 5.57 Å². The van der Waals surface area contributed by atoms with E-state index in [9.17, 15) is 5.11 Å². The van der Waals surface area contributed by atoms with Gasteiger partial charge >= 0.3 is 0 Å². The van der Waals surface area contributed by atoms with Gasteiger partial charge in [0.05, 0.1) is 5.60 Å². The maximum Gasteiger partial charge on any atom is 0.0657 e. The summed E-state index contributed by atoms with van der Waals surface area (Å²) in [5.41, 5.74) is 2.09. The van der Waals surface area contributed by atoms with Crippen LogP contribution in [0.2, 0.25) is 0 Å². The summed E-state index contributed by atoms with van der Waals surface area (Å²) in [5, 5.41) is 10.7. The predicted molar refractivity (Wildman–Crippen MR) is 124 cm³/mol. The Hall–Kier alpha value is -0.300. The van der Waals surface area contributed by atoms with Gasteiger partial charge in [0, 0.05) is 0 Å². The zero-order chi connectivity index (χ0) is 21.0. The Morgan fingerprint density at radius 3 is 2.48 bits per heavy atom. The van der Waals surface area contributed by atoms with Crippen molar-refractivity contribution >= 4 is 0 Å². The first-order valence-electron chi connectivity index (χ1n) is 13.0. The molecule has 0 aliphatic heterocycles. The molecular formula is C28H48O. The summed E-state index contributed by atoms with van der Waals surface area (Å²) in [6, 6.07) is 0. The van der Waals surface area contributed by atoms with Crippen LogP contribution < -0.4 is 0 Å². The smallest absolute Gasteiger partial charge is 0.0657 e. The number of allylic oxidation sites excluding steroid dienone is 1. The Kier molecular flexibility index (Phi) is 5.81. The van der Waals surface area contributed by atoms with Gasteiger partial charge in [-0.05, 0) is 105 Å². The summed E-state index contributed by atoms with van der Waals surface area (Å²) in [4.78, 5) is 0. The Morgan fingerprint density at radius 2 is 1.76 bits per heavy atom. The van der Waals surface area contributed by atoms with Gasteiger partial charge in [0.15, 0.2) is 0 Å². The van der Waals surface area contributed by atoms with E-state index < -0.39 is 5.60 Å². The van der Waals surface area contributed by atoms with E-state index in [1.807, 2.05) is 0 Å². The van der Waals surface area contributed by atoms with Gasteiger partial charge in [-0.1, -0.05) is 65.5 Å². The van der Waals surface area contributed by atoms with Crippen molar-refractivity contribution in [2.24, 2.45) is 46.3 Å². The highest BCUT2D eigenvalue weighted by Crippen LogP contribution is 2.67. The van der Waals surface area contributed by atoms with Crippen LogP contribution in [0.4, 0.5) is 0 Å². The number of hydrogen-bond acceptors (Lipinski definition) is 1. The SMILES string of the molecule is CC[C@H](C)CC[C@@H](C)[C@H]1CC[C@H]2[C@@H]3CC=C4C[C@@](C)(O)CC[C@]4(C)[C@H]3CC[C@]12C. The van der Waals surface area contributed by atoms with E-state index in [-0.39, 0.29) is 0 Å². The van der Waals surface area contributed by atoms with Crippen LogP contribution in [0.1, 0.15) is 112 Å². The molecule has 1 heteroatoms. The third-order valence-corrected chi connectivity index (χ3v) is 11.0. The van der Waals surface area contributed by atoms with E-state index in [0.717, 1.165) is 48.3 Å². The second-order valence-corrected chi connectivity index (χ2v) is 12.7. The molecule has 0 bridgehead atoms. The monoisotopic (exact) mass is 400 g/mol. The lowest BCUT2D eigenvalue weighted by Crippen LogP contribution is -2.52. The van der Waals surface area contributed by atoms with Crippen molar-refractivity contribution in [1.29, 1.82) is 0 Å².